The molecule has 1 amide bonds. The molecule has 0 aliphatic carbocycles. The minimum Gasteiger partial charge on any atom is -0.456 e. The average Bonchev–Trinajstić information content (AvgIpc) is 3.40. The number of nitrogens with zero attached hydrogens (tertiary/aromatic N) is 1. The molecule has 0 aliphatic rings. The number of carbonyl (C=O) groups excluding carboxylic acids is 2. The maximum atomic E-state index is 13.5. The SMILES string of the molecule is CC/C=C\C/C=C\C/C=C\C/C=C\C/C=C\C/C=C\CCC(=O)NC(COP(=O)(O)OCC[N+](C)(C)C)C(/C=C/CCCCCCCCCCCC)OC(=O)CCCCCCCCCCCCC/C=C\C/C=C\CCCCC. The molecular formula is C68H120N2O7P+. The topological polar surface area (TPSA) is 111 Å². The van der Waals surface area contributed by atoms with E-state index in [0.717, 1.165) is 83.5 Å². The third kappa shape index (κ3) is 57.4. The van der Waals surface area contributed by atoms with E-state index in [1.54, 1.807) is 0 Å². The molecule has 0 aliphatic heterocycles. The zero-order valence-electron chi connectivity index (χ0n) is 51.1. The van der Waals surface area contributed by atoms with E-state index < -0.39 is 20.0 Å². The second-order valence-electron chi connectivity index (χ2n) is 22.2. The van der Waals surface area contributed by atoms with E-state index in [-0.39, 0.29) is 37.9 Å². The Labute approximate surface area is 481 Å². The van der Waals surface area contributed by atoms with Crippen LogP contribution in [0, 0.1) is 0 Å². The number of unbranched alkanes of at least 4 members (excludes halogenated alkanes) is 24. The van der Waals surface area contributed by atoms with Gasteiger partial charge < -0.3 is 19.4 Å². The summed E-state index contributed by atoms with van der Waals surface area (Å²) in [4.78, 5) is 37.7. The van der Waals surface area contributed by atoms with Crippen molar-refractivity contribution in [2.24, 2.45) is 0 Å². The van der Waals surface area contributed by atoms with Crippen LogP contribution >= 0.6 is 7.82 Å². The van der Waals surface area contributed by atoms with Crippen molar-refractivity contribution in [1.82, 2.24) is 5.32 Å². The second-order valence-corrected chi connectivity index (χ2v) is 23.6. The monoisotopic (exact) mass is 1110 g/mol. The number of allylic oxidation sites excluding steroid dienone is 17. The number of esters is 1. The summed E-state index contributed by atoms with van der Waals surface area (Å²) >= 11 is 0. The highest BCUT2D eigenvalue weighted by Crippen LogP contribution is 2.43. The molecule has 78 heavy (non-hydrogen) atoms. The Hall–Kier alpha value is -3.33. The number of amides is 1. The molecule has 3 atom stereocenters. The highest BCUT2D eigenvalue weighted by atomic mass is 31.2. The lowest BCUT2D eigenvalue weighted by Crippen LogP contribution is -2.47. The molecular weight excluding hydrogens is 988 g/mol. The molecule has 2 N–H and O–H groups in total. The molecule has 0 spiro atoms. The van der Waals surface area contributed by atoms with Gasteiger partial charge in [-0.25, -0.2) is 4.57 Å². The summed E-state index contributed by atoms with van der Waals surface area (Å²) in [6, 6.07) is -0.896. The quantitative estimate of drug-likeness (QED) is 0.0205. The van der Waals surface area contributed by atoms with Crippen LogP contribution in [0.15, 0.2) is 109 Å². The standard InChI is InChI=1S/C68H119N2O7P/c1-7-10-13-16-19-22-25-28-30-32-34-35-37-39-41-43-46-49-52-55-58-61-68(72)77-66(59-56-53-50-47-44-27-24-21-18-15-12-9-3)65(64-76-78(73,74)75-63-62-70(4,5)6)69-67(71)60-57-54-51-48-45-42-40-38-36-33-31-29-26-23-20-17-14-11-8-2/h11,14,19-20,22-23,28-31,36,38,42,45,51,54,56,59,65-66H,7-10,12-13,15-18,21,24-27,32-35,37,39-41,43-44,46-50,52-53,55,57-58,60-64H2,1-6H3,(H-,69,71,73,74)/p+1/b14-11-,22-19-,23-20-,30-28-,31-29-,38-36-,45-42-,54-51-,59-56+. The fraction of sp³-hybridized carbons (Fsp3) is 0.706. The van der Waals surface area contributed by atoms with Crippen LogP contribution in [0.1, 0.15) is 258 Å². The van der Waals surface area contributed by atoms with Crippen molar-refractivity contribution in [3.63, 3.8) is 0 Å². The van der Waals surface area contributed by atoms with Crippen molar-refractivity contribution in [2.75, 3.05) is 40.9 Å². The smallest absolute Gasteiger partial charge is 0.456 e. The maximum Gasteiger partial charge on any atom is 0.472 e. The van der Waals surface area contributed by atoms with Gasteiger partial charge in [0.25, 0.3) is 0 Å². The van der Waals surface area contributed by atoms with Crippen molar-refractivity contribution in [3.8, 4) is 0 Å². The molecule has 10 heteroatoms. The zero-order valence-corrected chi connectivity index (χ0v) is 52.0. The van der Waals surface area contributed by atoms with Crippen LogP contribution in [0.25, 0.3) is 0 Å². The van der Waals surface area contributed by atoms with Crippen LogP contribution in [0.4, 0.5) is 0 Å². The number of phosphoric ester groups is 1. The van der Waals surface area contributed by atoms with Crippen LogP contribution in [0.2, 0.25) is 0 Å². The number of likely N-dealkylation sites (N-methyl/N-ethyl adjacent to an activating group) is 1. The molecule has 0 aromatic rings. The van der Waals surface area contributed by atoms with Crippen LogP contribution < -0.4 is 5.32 Å². The van der Waals surface area contributed by atoms with Gasteiger partial charge in [-0.15, -0.1) is 0 Å². The molecule has 0 aromatic heterocycles. The summed E-state index contributed by atoms with van der Waals surface area (Å²) in [6.07, 6.45) is 78.2. The van der Waals surface area contributed by atoms with E-state index in [0.29, 0.717) is 17.4 Å². The zero-order chi connectivity index (χ0) is 57.2. The molecule has 0 saturated carbocycles. The number of nitrogens with one attached hydrogen (secondary N) is 1. The minimum atomic E-state index is -4.48. The Morgan fingerprint density at radius 2 is 0.833 bits per heavy atom. The summed E-state index contributed by atoms with van der Waals surface area (Å²) in [5, 5.41) is 3.01. The van der Waals surface area contributed by atoms with Crippen LogP contribution in [-0.4, -0.2) is 74.3 Å². The highest BCUT2D eigenvalue weighted by Gasteiger charge is 2.30. The number of hydrogen-bond donors (Lipinski definition) is 2. The third-order valence-electron chi connectivity index (χ3n) is 13.5. The molecule has 448 valence electrons. The lowest BCUT2D eigenvalue weighted by molar-refractivity contribution is -0.870. The van der Waals surface area contributed by atoms with Crippen molar-refractivity contribution >= 4 is 19.7 Å². The van der Waals surface area contributed by atoms with Gasteiger partial charge in [-0.3, -0.25) is 18.6 Å². The summed E-state index contributed by atoms with van der Waals surface area (Å²) in [5.74, 6) is -0.608. The molecule has 0 saturated heterocycles. The highest BCUT2D eigenvalue weighted by molar-refractivity contribution is 7.47. The van der Waals surface area contributed by atoms with E-state index in [1.165, 1.54) is 135 Å². The molecule has 0 heterocycles. The number of phosphoric acid groups is 1. The van der Waals surface area contributed by atoms with Gasteiger partial charge >= 0.3 is 13.8 Å². The number of rotatable bonds is 56. The first-order chi connectivity index (χ1) is 37.9. The molecule has 0 aromatic carbocycles. The maximum absolute atomic E-state index is 13.5. The van der Waals surface area contributed by atoms with E-state index in [1.807, 2.05) is 39.4 Å². The number of hydrogen-bond acceptors (Lipinski definition) is 6. The van der Waals surface area contributed by atoms with Gasteiger partial charge in [-0.05, 0) is 102 Å². The van der Waals surface area contributed by atoms with Crippen molar-refractivity contribution in [3.05, 3.63) is 109 Å². The Kier molecular flexibility index (Phi) is 54.5. The summed E-state index contributed by atoms with van der Waals surface area (Å²) in [5.41, 5.74) is 0. The number of quaternary nitrogens is 1. The Balaban J connectivity index is 5.33. The van der Waals surface area contributed by atoms with Gasteiger partial charge in [-0.1, -0.05) is 252 Å². The van der Waals surface area contributed by atoms with E-state index in [4.69, 9.17) is 13.8 Å². The predicted octanol–water partition coefficient (Wildman–Crippen LogP) is 19.7. The first-order valence-corrected chi connectivity index (χ1v) is 33.2. The first-order valence-electron chi connectivity index (χ1n) is 31.7. The molecule has 0 radical (unpaired) electrons. The van der Waals surface area contributed by atoms with E-state index in [9.17, 15) is 19.0 Å². The fourth-order valence-electron chi connectivity index (χ4n) is 8.58. The fourth-order valence-corrected chi connectivity index (χ4v) is 9.32. The summed E-state index contributed by atoms with van der Waals surface area (Å²) < 4.78 is 30.7. The predicted molar refractivity (Wildman–Crippen MR) is 337 cm³/mol. The molecule has 3 unspecified atom stereocenters. The first kappa shape index (κ1) is 74.7. The summed E-state index contributed by atoms with van der Waals surface area (Å²) in [7, 11) is 1.44. The number of carbonyl (C=O) groups is 2. The third-order valence-corrected chi connectivity index (χ3v) is 14.4. The lowest BCUT2D eigenvalue weighted by atomic mass is 10.0. The normalized spacial score (nSPS) is 14.4. The van der Waals surface area contributed by atoms with Gasteiger partial charge in [0.2, 0.25) is 5.91 Å². The van der Waals surface area contributed by atoms with E-state index >= 15 is 0 Å². The van der Waals surface area contributed by atoms with Crippen LogP contribution in [-0.2, 0) is 27.9 Å². The molecule has 0 rings (SSSR count). The minimum absolute atomic E-state index is 0.0215. The Morgan fingerprint density at radius 3 is 1.28 bits per heavy atom. The van der Waals surface area contributed by atoms with Gasteiger partial charge in [0.15, 0.2) is 0 Å². The molecule has 9 nitrogen and oxygen atoms in total. The van der Waals surface area contributed by atoms with Gasteiger partial charge in [0.05, 0.1) is 33.8 Å². The Morgan fingerprint density at radius 1 is 0.462 bits per heavy atom. The number of ether oxygens (including phenoxy) is 1. The van der Waals surface area contributed by atoms with Crippen LogP contribution in [0.5, 0.6) is 0 Å². The van der Waals surface area contributed by atoms with Crippen molar-refractivity contribution < 1.29 is 37.3 Å². The largest absolute Gasteiger partial charge is 0.472 e. The van der Waals surface area contributed by atoms with Crippen molar-refractivity contribution in [1.29, 1.82) is 0 Å². The van der Waals surface area contributed by atoms with Gasteiger partial charge in [-0.2, -0.15) is 0 Å². The van der Waals surface area contributed by atoms with Crippen LogP contribution in [0.3, 0.4) is 0 Å². The average molecular weight is 1110 g/mol. The summed E-state index contributed by atoms with van der Waals surface area (Å²) in [6.45, 7) is 6.81. The van der Waals surface area contributed by atoms with Gasteiger partial charge in [0, 0.05) is 12.8 Å². The van der Waals surface area contributed by atoms with Gasteiger partial charge in [0.1, 0.15) is 19.3 Å². The van der Waals surface area contributed by atoms with E-state index in [2.05, 4.69) is 117 Å². The second kappa shape index (κ2) is 56.9. The lowest BCUT2D eigenvalue weighted by Gasteiger charge is -2.27. The molecule has 0 fully saturated rings. The molecule has 0 bridgehead atoms. The Bertz CT molecular complexity index is 1700. The van der Waals surface area contributed by atoms with Crippen molar-refractivity contribution in [2.45, 2.75) is 270 Å².